The molecule has 0 spiro atoms. The van der Waals surface area contributed by atoms with Crippen LogP contribution in [0.4, 0.5) is 0 Å². The van der Waals surface area contributed by atoms with E-state index in [4.69, 9.17) is 9.47 Å². The van der Waals surface area contributed by atoms with Crippen molar-refractivity contribution in [1.82, 2.24) is 9.80 Å². The summed E-state index contributed by atoms with van der Waals surface area (Å²) in [6.45, 7) is 3.93. The zero-order valence-corrected chi connectivity index (χ0v) is 13.1. The van der Waals surface area contributed by atoms with Crippen LogP contribution in [0.15, 0.2) is 18.2 Å². The molecule has 0 radical (unpaired) electrons. The van der Waals surface area contributed by atoms with Gasteiger partial charge >= 0.3 is 0 Å². The van der Waals surface area contributed by atoms with E-state index in [9.17, 15) is 0 Å². The highest BCUT2D eigenvalue weighted by Gasteiger charge is 2.23. The molecule has 1 aliphatic rings. The van der Waals surface area contributed by atoms with E-state index in [-0.39, 0.29) is 0 Å². The van der Waals surface area contributed by atoms with Crippen molar-refractivity contribution >= 4 is 0 Å². The van der Waals surface area contributed by atoms with Crippen molar-refractivity contribution < 1.29 is 9.47 Å². The number of rotatable bonds is 6. The van der Waals surface area contributed by atoms with Gasteiger partial charge in [-0.25, -0.2) is 0 Å². The van der Waals surface area contributed by atoms with E-state index in [0.29, 0.717) is 12.6 Å². The minimum Gasteiger partial charge on any atom is -0.496 e. The van der Waals surface area contributed by atoms with Crippen molar-refractivity contribution in [3.05, 3.63) is 29.3 Å². The topological polar surface area (TPSA) is 24.9 Å². The molecule has 2 rings (SSSR count). The fourth-order valence-electron chi connectivity index (χ4n) is 2.89. The Labute approximate surface area is 122 Å². The number of likely N-dealkylation sites (N-methyl/N-ethyl adjacent to an activating group) is 2. The first-order valence-electron chi connectivity index (χ1n) is 7.17. The van der Waals surface area contributed by atoms with Crippen LogP contribution in [0.25, 0.3) is 0 Å². The molecule has 20 heavy (non-hydrogen) atoms. The minimum absolute atomic E-state index is 0.590. The number of ether oxygens (including phenoxy) is 2. The van der Waals surface area contributed by atoms with Crippen LogP contribution in [-0.2, 0) is 17.9 Å². The van der Waals surface area contributed by atoms with Crippen molar-refractivity contribution in [2.45, 2.75) is 25.6 Å². The lowest BCUT2D eigenvalue weighted by molar-refractivity contribution is 0.181. The maximum Gasteiger partial charge on any atom is 0.124 e. The Morgan fingerprint density at radius 1 is 1.35 bits per heavy atom. The highest BCUT2D eigenvalue weighted by molar-refractivity contribution is 5.37. The van der Waals surface area contributed by atoms with Crippen LogP contribution in [0.1, 0.15) is 17.5 Å². The lowest BCUT2D eigenvalue weighted by atomic mass is 10.1. The Bertz CT molecular complexity index is 436. The van der Waals surface area contributed by atoms with E-state index in [0.717, 1.165) is 24.4 Å². The van der Waals surface area contributed by atoms with Gasteiger partial charge in [0.2, 0.25) is 0 Å². The first kappa shape index (κ1) is 15.3. The van der Waals surface area contributed by atoms with Crippen LogP contribution in [0.3, 0.4) is 0 Å². The van der Waals surface area contributed by atoms with Gasteiger partial charge in [-0.3, -0.25) is 4.90 Å². The minimum atomic E-state index is 0.590. The summed E-state index contributed by atoms with van der Waals surface area (Å²) in [7, 11) is 7.82. The molecule has 4 nitrogen and oxygen atoms in total. The van der Waals surface area contributed by atoms with Gasteiger partial charge in [-0.15, -0.1) is 0 Å². The molecular weight excluding hydrogens is 252 g/mol. The summed E-state index contributed by atoms with van der Waals surface area (Å²) in [5, 5.41) is 0. The molecule has 1 atom stereocenters. The number of benzene rings is 1. The van der Waals surface area contributed by atoms with Crippen LogP contribution in [0.2, 0.25) is 0 Å². The molecule has 112 valence electrons. The van der Waals surface area contributed by atoms with E-state index in [1.165, 1.54) is 18.5 Å². The van der Waals surface area contributed by atoms with Gasteiger partial charge in [0, 0.05) is 31.8 Å². The van der Waals surface area contributed by atoms with E-state index in [1.54, 1.807) is 14.2 Å². The van der Waals surface area contributed by atoms with E-state index in [2.05, 4.69) is 36.0 Å². The average Bonchev–Trinajstić information content (AvgIpc) is 2.86. The predicted molar refractivity (Wildman–Crippen MR) is 81.1 cm³/mol. The van der Waals surface area contributed by atoms with Crippen molar-refractivity contribution in [2.75, 3.05) is 41.4 Å². The second-order valence-corrected chi connectivity index (χ2v) is 5.70. The fourth-order valence-corrected chi connectivity index (χ4v) is 2.89. The second kappa shape index (κ2) is 7.07. The molecule has 1 heterocycles. The van der Waals surface area contributed by atoms with Crippen LogP contribution < -0.4 is 4.74 Å². The molecule has 0 N–H and O–H groups in total. The zero-order chi connectivity index (χ0) is 14.5. The third kappa shape index (κ3) is 3.72. The molecule has 0 amide bonds. The Kier molecular flexibility index (Phi) is 5.40. The van der Waals surface area contributed by atoms with Gasteiger partial charge < -0.3 is 14.4 Å². The Balaban J connectivity index is 2.03. The molecule has 1 unspecified atom stereocenters. The summed E-state index contributed by atoms with van der Waals surface area (Å²) in [5.74, 6) is 0.902. The van der Waals surface area contributed by atoms with E-state index in [1.807, 2.05) is 6.07 Å². The van der Waals surface area contributed by atoms with Crippen LogP contribution >= 0.6 is 0 Å². The van der Waals surface area contributed by atoms with Gasteiger partial charge in [0.15, 0.2) is 0 Å². The molecule has 1 saturated heterocycles. The van der Waals surface area contributed by atoms with Crippen LogP contribution in [0.5, 0.6) is 5.75 Å². The molecule has 0 aliphatic carbocycles. The van der Waals surface area contributed by atoms with Crippen molar-refractivity contribution in [3.8, 4) is 5.75 Å². The normalized spacial score (nSPS) is 19.8. The predicted octanol–water partition coefficient (Wildman–Crippen LogP) is 1.98. The van der Waals surface area contributed by atoms with Crippen molar-refractivity contribution in [2.24, 2.45) is 0 Å². The number of nitrogens with zero attached hydrogens (tertiary/aromatic N) is 2. The first-order valence-corrected chi connectivity index (χ1v) is 7.17. The SMILES string of the molecule is COCc1cc(CN(C)C2CCN(C)C2)ccc1OC. The van der Waals surface area contributed by atoms with Gasteiger partial charge in [0.05, 0.1) is 13.7 Å². The number of likely N-dealkylation sites (tertiary alicyclic amines) is 1. The molecule has 1 fully saturated rings. The summed E-state index contributed by atoms with van der Waals surface area (Å²) < 4.78 is 10.6. The maximum atomic E-state index is 5.37. The zero-order valence-electron chi connectivity index (χ0n) is 13.1. The number of hydrogen-bond acceptors (Lipinski definition) is 4. The summed E-state index contributed by atoms with van der Waals surface area (Å²) >= 11 is 0. The van der Waals surface area contributed by atoms with Gasteiger partial charge in [0.1, 0.15) is 5.75 Å². The van der Waals surface area contributed by atoms with E-state index >= 15 is 0 Å². The van der Waals surface area contributed by atoms with Crippen molar-refractivity contribution in [3.63, 3.8) is 0 Å². The van der Waals surface area contributed by atoms with Crippen LogP contribution in [-0.4, -0.2) is 57.2 Å². The first-order chi connectivity index (χ1) is 9.63. The van der Waals surface area contributed by atoms with Gasteiger partial charge in [-0.05, 0) is 44.8 Å². The lowest BCUT2D eigenvalue weighted by Gasteiger charge is -2.24. The molecule has 4 heteroatoms. The molecule has 1 aliphatic heterocycles. The third-order valence-electron chi connectivity index (χ3n) is 4.07. The third-order valence-corrected chi connectivity index (χ3v) is 4.07. The number of methoxy groups -OCH3 is 2. The molecule has 1 aromatic carbocycles. The smallest absolute Gasteiger partial charge is 0.124 e. The molecule has 0 aromatic heterocycles. The highest BCUT2D eigenvalue weighted by Crippen LogP contribution is 2.22. The Hall–Kier alpha value is -1.10. The molecule has 1 aromatic rings. The lowest BCUT2D eigenvalue weighted by Crippen LogP contribution is -2.33. The maximum absolute atomic E-state index is 5.37. The summed E-state index contributed by atoms with van der Waals surface area (Å²) in [6.07, 6.45) is 1.26. The second-order valence-electron chi connectivity index (χ2n) is 5.70. The quantitative estimate of drug-likeness (QED) is 0.794. The van der Waals surface area contributed by atoms with Gasteiger partial charge in [-0.2, -0.15) is 0 Å². The van der Waals surface area contributed by atoms with Crippen molar-refractivity contribution in [1.29, 1.82) is 0 Å². The summed E-state index contributed by atoms with van der Waals surface area (Å²) in [4.78, 5) is 4.84. The summed E-state index contributed by atoms with van der Waals surface area (Å²) in [5.41, 5.74) is 2.43. The Morgan fingerprint density at radius 2 is 2.15 bits per heavy atom. The highest BCUT2D eigenvalue weighted by atomic mass is 16.5. The number of hydrogen-bond donors (Lipinski definition) is 0. The van der Waals surface area contributed by atoms with E-state index < -0.39 is 0 Å². The molecule has 0 bridgehead atoms. The van der Waals surface area contributed by atoms with Crippen LogP contribution in [0, 0.1) is 0 Å². The van der Waals surface area contributed by atoms with Gasteiger partial charge in [-0.1, -0.05) is 6.07 Å². The van der Waals surface area contributed by atoms with Gasteiger partial charge in [0.25, 0.3) is 0 Å². The Morgan fingerprint density at radius 3 is 2.75 bits per heavy atom. The molecular formula is C16H26N2O2. The average molecular weight is 278 g/mol. The largest absolute Gasteiger partial charge is 0.496 e. The fraction of sp³-hybridized carbons (Fsp3) is 0.625. The summed E-state index contributed by atoms with van der Waals surface area (Å²) in [6, 6.07) is 7.04. The monoisotopic (exact) mass is 278 g/mol. The standard InChI is InChI=1S/C16H26N2O2/c1-17-8-7-15(11-17)18(2)10-13-5-6-16(20-4)14(9-13)12-19-3/h5-6,9,15H,7-8,10-12H2,1-4H3. The molecule has 0 saturated carbocycles.